The second kappa shape index (κ2) is 7.08. The minimum absolute atomic E-state index is 0. The summed E-state index contributed by atoms with van der Waals surface area (Å²) in [5.41, 5.74) is 10.5. The molecule has 0 bridgehead atoms. The first-order chi connectivity index (χ1) is 12.8. The van der Waals surface area contributed by atoms with Gasteiger partial charge in [0.15, 0.2) is 5.82 Å². The Balaban J connectivity index is 0.00000210. The van der Waals surface area contributed by atoms with E-state index in [1.54, 1.807) is 36.4 Å². The Bertz CT molecular complexity index is 985. The fourth-order valence-corrected chi connectivity index (χ4v) is 2.45. The standard InChI is InChI=1S/C19H22N6O2.2H2/c1-19(2,3)15-10-16(25-27-15)23-18(26)12-6-4-5-11(9-12)13-7-8-14(24-21)17(20)22-13;;/h4-10,24H,21H2,1-3H3,(H2,20,22)(H,23,25,26);2*1H. The van der Waals surface area contributed by atoms with Crippen LogP contribution < -0.4 is 22.3 Å². The highest BCUT2D eigenvalue weighted by Gasteiger charge is 2.20. The number of rotatable bonds is 4. The molecule has 0 fully saturated rings. The smallest absolute Gasteiger partial charge is 0.256 e. The average molecular weight is 370 g/mol. The molecule has 27 heavy (non-hydrogen) atoms. The number of hydrogen-bond acceptors (Lipinski definition) is 7. The van der Waals surface area contributed by atoms with Gasteiger partial charge in [0.2, 0.25) is 0 Å². The van der Waals surface area contributed by atoms with E-state index in [1.807, 2.05) is 26.8 Å². The highest BCUT2D eigenvalue weighted by molar-refractivity contribution is 6.04. The first-order valence-corrected chi connectivity index (χ1v) is 8.40. The minimum atomic E-state index is -0.293. The maximum absolute atomic E-state index is 12.6. The van der Waals surface area contributed by atoms with Gasteiger partial charge in [0, 0.05) is 25.5 Å². The first kappa shape index (κ1) is 18.4. The molecule has 8 heteroatoms. The molecular formula is C19H26N6O2. The van der Waals surface area contributed by atoms with Gasteiger partial charge >= 0.3 is 0 Å². The zero-order valence-electron chi connectivity index (χ0n) is 15.4. The fourth-order valence-electron chi connectivity index (χ4n) is 2.45. The van der Waals surface area contributed by atoms with E-state index in [0.717, 1.165) is 5.56 Å². The Labute approximate surface area is 159 Å². The first-order valence-electron chi connectivity index (χ1n) is 8.40. The lowest BCUT2D eigenvalue weighted by Crippen LogP contribution is -2.13. The molecule has 0 unspecified atom stereocenters. The highest BCUT2D eigenvalue weighted by Crippen LogP contribution is 2.26. The van der Waals surface area contributed by atoms with Crippen LogP contribution >= 0.6 is 0 Å². The summed E-state index contributed by atoms with van der Waals surface area (Å²) in [4.78, 5) is 16.9. The minimum Gasteiger partial charge on any atom is -0.382 e. The van der Waals surface area contributed by atoms with Gasteiger partial charge < -0.3 is 21.0 Å². The van der Waals surface area contributed by atoms with Crippen LogP contribution in [0.3, 0.4) is 0 Å². The van der Waals surface area contributed by atoms with Crippen molar-refractivity contribution in [3.63, 3.8) is 0 Å². The van der Waals surface area contributed by atoms with Crippen molar-refractivity contribution < 1.29 is 12.2 Å². The second-order valence-corrected chi connectivity index (χ2v) is 7.13. The lowest BCUT2D eigenvalue weighted by Gasteiger charge is -2.12. The number of nitrogen functional groups attached to an aromatic ring is 2. The van der Waals surface area contributed by atoms with Crippen molar-refractivity contribution in [3.05, 3.63) is 53.8 Å². The van der Waals surface area contributed by atoms with E-state index in [1.165, 1.54) is 0 Å². The van der Waals surface area contributed by atoms with Crippen molar-refractivity contribution in [1.82, 2.24) is 10.1 Å². The van der Waals surface area contributed by atoms with Crippen LogP contribution in [0.1, 0.15) is 39.7 Å². The van der Waals surface area contributed by atoms with E-state index in [9.17, 15) is 4.79 Å². The molecule has 1 aromatic carbocycles. The molecule has 0 aliphatic carbocycles. The number of anilines is 3. The summed E-state index contributed by atoms with van der Waals surface area (Å²) in [5.74, 6) is 6.42. The van der Waals surface area contributed by atoms with E-state index in [0.29, 0.717) is 28.5 Å². The summed E-state index contributed by atoms with van der Waals surface area (Å²) < 4.78 is 5.29. The fraction of sp³-hybridized carbons (Fsp3) is 0.211. The van der Waals surface area contributed by atoms with Crippen LogP contribution in [0.5, 0.6) is 0 Å². The lowest BCUT2D eigenvalue weighted by atomic mass is 9.93. The van der Waals surface area contributed by atoms with E-state index in [4.69, 9.17) is 16.1 Å². The molecule has 0 atom stereocenters. The Morgan fingerprint density at radius 1 is 1.19 bits per heavy atom. The summed E-state index contributed by atoms with van der Waals surface area (Å²) in [6.45, 7) is 6.02. The summed E-state index contributed by atoms with van der Waals surface area (Å²) in [5, 5.41) is 6.65. The molecule has 144 valence electrons. The van der Waals surface area contributed by atoms with Crippen molar-refractivity contribution >= 4 is 23.2 Å². The Kier molecular flexibility index (Phi) is 4.83. The molecule has 0 saturated heterocycles. The summed E-state index contributed by atoms with van der Waals surface area (Å²) in [7, 11) is 0. The third-order valence-corrected chi connectivity index (χ3v) is 3.99. The van der Waals surface area contributed by atoms with Crippen molar-refractivity contribution in [2.75, 3.05) is 16.5 Å². The van der Waals surface area contributed by atoms with Crippen molar-refractivity contribution in [2.45, 2.75) is 26.2 Å². The van der Waals surface area contributed by atoms with Crippen LogP contribution in [0, 0.1) is 0 Å². The lowest BCUT2D eigenvalue weighted by molar-refractivity contribution is 0.102. The van der Waals surface area contributed by atoms with Gasteiger partial charge in [0.1, 0.15) is 11.6 Å². The zero-order chi connectivity index (χ0) is 19.6. The summed E-state index contributed by atoms with van der Waals surface area (Å²) in [6.07, 6.45) is 0. The topological polar surface area (TPSA) is 132 Å². The number of hydrazine groups is 1. The van der Waals surface area contributed by atoms with Gasteiger partial charge in [-0.2, -0.15) is 0 Å². The molecule has 0 saturated carbocycles. The molecule has 0 spiro atoms. The molecule has 3 aromatic rings. The molecule has 0 aliphatic heterocycles. The number of carbonyl (C=O) groups excluding carboxylic acids is 1. The highest BCUT2D eigenvalue weighted by atomic mass is 16.5. The molecule has 0 radical (unpaired) electrons. The summed E-state index contributed by atoms with van der Waals surface area (Å²) in [6, 6.07) is 12.3. The molecule has 0 aliphatic rings. The second-order valence-electron chi connectivity index (χ2n) is 7.13. The van der Waals surface area contributed by atoms with Gasteiger partial charge in [-0.3, -0.25) is 10.6 Å². The number of pyridine rings is 1. The van der Waals surface area contributed by atoms with Gasteiger partial charge in [-0.05, 0) is 24.3 Å². The van der Waals surface area contributed by atoms with Crippen molar-refractivity contribution in [2.24, 2.45) is 5.84 Å². The van der Waals surface area contributed by atoms with Gasteiger partial charge in [-0.1, -0.05) is 38.1 Å². The number of aromatic nitrogens is 2. The Hall–Kier alpha value is -3.39. The third-order valence-electron chi connectivity index (χ3n) is 3.99. The van der Waals surface area contributed by atoms with E-state index < -0.39 is 0 Å². The molecule has 2 aromatic heterocycles. The number of benzene rings is 1. The van der Waals surface area contributed by atoms with Crippen molar-refractivity contribution in [3.8, 4) is 11.3 Å². The molecule has 6 N–H and O–H groups in total. The molecule has 2 heterocycles. The van der Waals surface area contributed by atoms with Gasteiger partial charge in [-0.15, -0.1) is 0 Å². The number of nitrogens with zero attached hydrogens (tertiary/aromatic N) is 2. The quantitative estimate of drug-likeness (QED) is 0.407. The maximum Gasteiger partial charge on any atom is 0.256 e. The van der Waals surface area contributed by atoms with Gasteiger partial charge in [0.25, 0.3) is 5.91 Å². The normalized spacial score (nSPS) is 11.3. The van der Waals surface area contributed by atoms with Crippen LogP contribution in [0.15, 0.2) is 47.0 Å². The van der Waals surface area contributed by atoms with Crippen molar-refractivity contribution in [1.29, 1.82) is 0 Å². The number of amides is 1. The predicted octanol–water partition coefficient (Wildman–Crippen LogP) is 3.65. The Morgan fingerprint density at radius 2 is 1.96 bits per heavy atom. The van der Waals surface area contributed by atoms with Crippen LogP contribution in [0.4, 0.5) is 17.3 Å². The predicted molar refractivity (Wildman–Crippen MR) is 109 cm³/mol. The molecule has 1 amide bonds. The molecule has 8 nitrogen and oxygen atoms in total. The zero-order valence-corrected chi connectivity index (χ0v) is 15.4. The molecular weight excluding hydrogens is 344 g/mol. The maximum atomic E-state index is 12.6. The summed E-state index contributed by atoms with van der Waals surface area (Å²) >= 11 is 0. The number of hydrogen-bond donors (Lipinski definition) is 4. The number of nitrogens with two attached hydrogens (primary N) is 2. The third kappa shape index (κ3) is 4.06. The number of carbonyl (C=O) groups is 1. The SMILES string of the molecule is CC(C)(C)c1cc(NC(=O)c2cccc(-c3ccc(NN)c(N)n3)c2)no1.[HH].[HH]. The number of nitrogens with one attached hydrogen (secondary N) is 2. The van der Waals surface area contributed by atoms with Crippen LogP contribution in [-0.2, 0) is 5.41 Å². The van der Waals surface area contributed by atoms with Crippen LogP contribution in [0.25, 0.3) is 11.3 Å². The van der Waals surface area contributed by atoms with E-state index in [2.05, 4.69) is 20.9 Å². The monoisotopic (exact) mass is 370 g/mol. The van der Waals surface area contributed by atoms with E-state index >= 15 is 0 Å². The van der Waals surface area contributed by atoms with Crippen LogP contribution in [-0.4, -0.2) is 16.0 Å². The molecule has 3 rings (SSSR count). The van der Waals surface area contributed by atoms with Gasteiger partial charge in [0.05, 0.1) is 11.4 Å². The van der Waals surface area contributed by atoms with Crippen LogP contribution in [0.2, 0.25) is 0 Å². The average Bonchev–Trinajstić information content (AvgIpc) is 3.10. The Morgan fingerprint density at radius 3 is 2.59 bits per heavy atom. The van der Waals surface area contributed by atoms with E-state index in [-0.39, 0.29) is 20.0 Å². The van der Waals surface area contributed by atoms with Gasteiger partial charge in [-0.25, -0.2) is 4.98 Å². The largest absolute Gasteiger partial charge is 0.382 e.